The summed E-state index contributed by atoms with van der Waals surface area (Å²) in [5, 5.41) is 7.26. The van der Waals surface area contributed by atoms with Crippen LogP contribution in [0.2, 0.25) is 0 Å². The predicted molar refractivity (Wildman–Crippen MR) is 104 cm³/mol. The number of para-hydroxylation sites is 1. The fourth-order valence-electron chi connectivity index (χ4n) is 2.70. The number of amides is 1. The van der Waals surface area contributed by atoms with Crippen LogP contribution in [0.5, 0.6) is 11.5 Å². The Hall–Kier alpha value is -3.28. The third-order valence-electron chi connectivity index (χ3n) is 4.10. The standard InChI is InChI=1S/C21H23N3O3/c1-3-24-20(16-9-11-17(26-2)12-10-16)15-19(23-24)21(25)22-13-14-27-18-7-5-4-6-8-18/h4-12,15H,3,13-14H2,1-2H3,(H,22,25). The molecule has 3 aromatic rings. The zero-order valence-electron chi connectivity index (χ0n) is 15.5. The highest BCUT2D eigenvalue weighted by molar-refractivity contribution is 5.93. The number of rotatable bonds is 8. The summed E-state index contributed by atoms with van der Waals surface area (Å²) in [6, 6.07) is 19.0. The number of benzene rings is 2. The molecule has 2 aromatic carbocycles. The summed E-state index contributed by atoms with van der Waals surface area (Å²) in [4.78, 5) is 12.4. The van der Waals surface area contributed by atoms with Crippen LogP contribution in [0.3, 0.4) is 0 Å². The Morgan fingerprint density at radius 3 is 2.48 bits per heavy atom. The van der Waals surface area contributed by atoms with Gasteiger partial charge in [0.15, 0.2) is 5.69 Å². The average Bonchev–Trinajstić information content (AvgIpc) is 3.16. The first-order valence-corrected chi connectivity index (χ1v) is 8.89. The van der Waals surface area contributed by atoms with Crippen LogP contribution in [0.25, 0.3) is 11.3 Å². The third-order valence-corrected chi connectivity index (χ3v) is 4.10. The summed E-state index contributed by atoms with van der Waals surface area (Å²) < 4.78 is 12.6. The number of ether oxygens (including phenoxy) is 2. The van der Waals surface area contributed by atoms with Gasteiger partial charge in [0.2, 0.25) is 0 Å². The first-order valence-electron chi connectivity index (χ1n) is 8.89. The smallest absolute Gasteiger partial charge is 0.271 e. The van der Waals surface area contributed by atoms with Crippen molar-refractivity contribution in [2.24, 2.45) is 0 Å². The van der Waals surface area contributed by atoms with Crippen molar-refractivity contribution in [1.29, 1.82) is 0 Å². The van der Waals surface area contributed by atoms with E-state index in [0.717, 1.165) is 22.8 Å². The molecule has 0 atom stereocenters. The minimum atomic E-state index is -0.214. The average molecular weight is 365 g/mol. The fourth-order valence-corrected chi connectivity index (χ4v) is 2.70. The molecule has 1 N–H and O–H groups in total. The van der Waals surface area contributed by atoms with Crippen LogP contribution < -0.4 is 14.8 Å². The maximum absolute atomic E-state index is 12.4. The van der Waals surface area contributed by atoms with E-state index in [4.69, 9.17) is 9.47 Å². The molecule has 0 unspecified atom stereocenters. The van der Waals surface area contributed by atoms with Gasteiger partial charge < -0.3 is 14.8 Å². The van der Waals surface area contributed by atoms with Crippen molar-refractivity contribution in [3.05, 3.63) is 66.4 Å². The van der Waals surface area contributed by atoms with Crippen LogP contribution in [-0.4, -0.2) is 35.9 Å². The van der Waals surface area contributed by atoms with Gasteiger partial charge in [-0.05, 0) is 49.4 Å². The van der Waals surface area contributed by atoms with E-state index < -0.39 is 0 Å². The van der Waals surface area contributed by atoms with Gasteiger partial charge in [0.1, 0.15) is 18.1 Å². The first kappa shape index (κ1) is 18.5. The zero-order chi connectivity index (χ0) is 19.1. The number of aryl methyl sites for hydroxylation is 1. The largest absolute Gasteiger partial charge is 0.497 e. The van der Waals surface area contributed by atoms with Crippen LogP contribution >= 0.6 is 0 Å². The molecule has 1 amide bonds. The van der Waals surface area contributed by atoms with E-state index >= 15 is 0 Å². The first-order chi connectivity index (χ1) is 13.2. The maximum Gasteiger partial charge on any atom is 0.271 e. The van der Waals surface area contributed by atoms with Gasteiger partial charge in [-0.25, -0.2) is 0 Å². The minimum absolute atomic E-state index is 0.214. The lowest BCUT2D eigenvalue weighted by Gasteiger charge is -2.06. The lowest BCUT2D eigenvalue weighted by molar-refractivity contribution is 0.0941. The van der Waals surface area contributed by atoms with Gasteiger partial charge in [-0.3, -0.25) is 9.48 Å². The monoisotopic (exact) mass is 365 g/mol. The Labute approximate surface area is 158 Å². The van der Waals surface area contributed by atoms with E-state index in [0.29, 0.717) is 25.4 Å². The van der Waals surface area contributed by atoms with Gasteiger partial charge >= 0.3 is 0 Å². The molecule has 140 valence electrons. The second-order valence-corrected chi connectivity index (χ2v) is 5.88. The molecular formula is C21H23N3O3. The van der Waals surface area contributed by atoms with Crippen molar-refractivity contribution in [2.75, 3.05) is 20.3 Å². The molecule has 0 aliphatic rings. The molecule has 0 saturated heterocycles. The number of hydrogen-bond donors (Lipinski definition) is 1. The Morgan fingerprint density at radius 1 is 1.07 bits per heavy atom. The lowest BCUT2D eigenvalue weighted by atomic mass is 10.1. The third kappa shape index (κ3) is 4.67. The molecular weight excluding hydrogens is 342 g/mol. The second kappa shape index (κ2) is 8.89. The van der Waals surface area contributed by atoms with E-state index in [9.17, 15) is 4.79 Å². The Kier molecular flexibility index (Phi) is 6.10. The molecule has 0 saturated carbocycles. The summed E-state index contributed by atoms with van der Waals surface area (Å²) >= 11 is 0. The highest BCUT2D eigenvalue weighted by atomic mass is 16.5. The van der Waals surface area contributed by atoms with E-state index in [2.05, 4.69) is 10.4 Å². The highest BCUT2D eigenvalue weighted by Gasteiger charge is 2.14. The van der Waals surface area contributed by atoms with Crippen LogP contribution in [0, 0.1) is 0 Å². The Balaban J connectivity index is 1.62. The Morgan fingerprint density at radius 2 is 1.81 bits per heavy atom. The summed E-state index contributed by atoms with van der Waals surface area (Å²) in [5.41, 5.74) is 2.27. The number of nitrogens with one attached hydrogen (secondary N) is 1. The van der Waals surface area contributed by atoms with Crippen LogP contribution in [-0.2, 0) is 6.54 Å². The van der Waals surface area contributed by atoms with Gasteiger partial charge in [-0.2, -0.15) is 5.10 Å². The number of aromatic nitrogens is 2. The SMILES string of the molecule is CCn1nc(C(=O)NCCOc2ccccc2)cc1-c1ccc(OC)cc1. The van der Waals surface area contributed by atoms with E-state index in [1.807, 2.05) is 66.2 Å². The molecule has 6 nitrogen and oxygen atoms in total. The quantitative estimate of drug-likeness (QED) is 0.622. The maximum atomic E-state index is 12.4. The minimum Gasteiger partial charge on any atom is -0.497 e. The van der Waals surface area contributed by atoms with Crippen molar-refractivity contribution in [1.82, 2.24) is 15.1 Å². The molecule has 0 radical (unpaired) electrons. The van der Waals surface area contributed by atoms with Crippen LogP contribution in [0.1, 0.15) is 17.4 Å². The van der Waals surface area contributed by atoms with E-state index in [1.54, 1.807) is 13.2 Å². The molecule has 0 aliphatic carbocycles. The van der Waals surface area contributed by atoms with Crippen molar-refractivity contribution in [3.63, 3.8) is 0 Å². The van der Waals surface area contributed by atoms with Gasteiger partial charge in [-0.15, -0.1) is 0 Å². The summed E-state index contributed by atoms with van der Waals surface area (Å²) in [7, 11) is 1.63. The second-order valence-electron chi connectivity index (χ2n) is 5.88. The molecule has 27 heavy (non-hydrogen) atoms. The molecule has 0 fully saturated rings. The molecule has 6 heteroatoms. The van der Waals surface area contributed by atoms with Crippen molar-refractivity contribution < 1.29 is 14.3 Å². The zero-order valence-corrected chi connectivity index (χ0v) is 15.5. The molecule has 0 spiro atoms. The molecule has 1 aromatic heterocycles. The number of carbonyl (C=O) groups excluding carboxylic acids is 1. The summed E-state index contributed by atoms with van der Waals surface area (Å²) in [6.45, 7) is 3.47. The number of nitrogens with zero attached hydrogens (tertiary/aromatic N) is 2. The Bertz CT molecular complexity index is 873. The van der Waals surface area contributed by atoms with Crippen LogP contribution in [0.15, 0.2) is 60.7 Å². The molecule has 1 heterocycles. The number of hydrogen-bond acceptors (Lipinski definition) is 4. The van der Waals surface area contributed by atoms with Gasteiger partial charge in [0.05, 0.1) is 19.3 Å². The summed E-state index contributed by atoms with van der Waals surface area (Å²) in [5.74, 6) is 1.36. The number of carbonyl (C=O) groups is 1. The lowest BCUT2D eigenvalue weighted by Crippen LogP contribution is -2.28. The fraction of sp³-hybridized carbons (Fsp3) is 0.238. The van der Waals surface area contributed by atoms with Gasteiger partial charge in [-0.1, -0.05) is 18.2 Å². The molecule has 3 rings (SSSR count). The summed E-state index contributed by atoms with van der Waals surface area (Å²) in [6.07, 6.45) is 0. The topological polar surface area (TPSA) is 65.4 Å². The van der Waals surface area contributed by atoms with E-state index in [-0.39, 0.29) is 5.91 Å². The number of methoxy groups -OCH3 is 1. The van der Waals surface area contributed by atoms with Gasteiger partial charge in [0.25, 0.3) is 5.91 Å². The highest BCUT2D eigenvalue weighted by Crippen LogP contribution is 2.23. The van der Waals surface area contributed by atoms with Crippen LogP contribution in [0.4, 0.5) is 0 Å². The van der Waals surface area contributed by atoms with Gasteiger partial charge in [0, 0.05) is 12.1 Å². The van der Waals surface area contributed by atoms with E-state index in [1.165, 1.54) is 0 Å². The van der Waals surface area contributed by atoms with Crippen molar-refractivity contribution in [3.8, 4) is 22.8 Å². The normalized spacial score (nSPS) is 10.4. The van der Waals surface area contributed by atoms with Crippen molar-refractivity contribution >= 4 is 5.91 Å². The van der Waals surface area contributed by atoms with Crippen molar-refractivity contribution in [2.45, 2.75) is 13.5 Å². The molecule has 0 bridgehead atoms. The molecule has 0 aliphatic heterocycles. The predicted octanol–water partition coefficient (Wildman–Crippen LogP) is 3.39.